The summed E-state index contributed by atoms with van der Waals surface area (Å²) < 4.78 is 5.35. The van der Waals surface area contributed by atoms with Gasteiger partial charge in [0.15, 0.2) is 5.78 Å². The molecule has 150 valence electrons. The number of benzene rings is 3. The van der Waals surface area contributed by atoms with Crippen molar-refractivity contribution in [2.45, 2.75) is 25.9 Å². The van der Waals surface area contributed by atoms with E-state index in [0.717, 1.165) is 5.56 Å². The Bertz CT molecular complexity index is 927. The molecule has 0 amide bonds. The number of ether oxygens (including phenoxy) is 1. The molecule has 0 aliphatic heterocycles. The smallest absolute Gasteiger partial charge is 0.343 e. The second kappa shape index (κ2) is 10.6. The van der Waals surface area contributed by atoms with Crippen LogP contribution in [0, 0.1) is 0 Å². The molecule has 0 aliphatic carbocycles. The van der Waals surface area contributed by atoms with Gasteiger partial charge in [-0.3, -0.25) is 4.79 Å². The molecule has 0 aromatic heterocycles. The summed E-state index contributed by atoms with van der Waals surface area (Å²) in [6, 6.07) is 25.2. The molecule has 0 radical (unpaired) electrons. The van der Waals surface area contributed by atoms with Crippen molar-refractivity contribution in [3.05, 3.63) is 102 Å². The number of Topliss-reactive ketones (excluding diaryl/α,β-unsaturated/α-hetero) is 1. The Labute approximate surface area is 177 Å². The highest BCUT2D eigenvalue weighted by molar-refractivity contribution is 6.00. The fourth-order valence-corrected chi connectivity index (χ4v) is 2.97. The van der Waals surface area contributed by atoms with Crippen molar-refractivity contribution in [2.24, 2.45) is 0 Å². The van der Waals surface area contributed by atoms with E-state index in [1.807, 2.05) is 50.2 Å². The predicted molar refractivity (Wildman–Crippen MR) is 117 cm³/mol. The summed E-state index contributed by atoms with van der Waals surface area (Å²) in [5, 5.41) is 3.33. The third kappa shape index (κ3) is 6.01. The first-order valence-electron chi connectivity index (χ1n) is 9.27. The zero-order valence-corrected chi connectivity index (χ0v) is 17.2. The minimum absolute atomic E-state index is 0. The number of halogens is 1. The Balaban J connectivity index is 0.00000300. The van der Waals surface area contributed by atoms with E-state index >= 15 is 0 Å². The van der Waals surface area contributed by atoms with Crippen molar-refractivity contribution in [1.82, 2.24) is 5.32 Å². The standard InChI is InChI=1S/C24H23NO3.ClH/c1-17(19-9-5-3-6-10-19)25-18(2)23(26)20-13-15-22(16-14-20)28-24(27)21-11-7-4-8-12-21;/h3-18,25H,1-2H3;1H/t17-,18-;/m1./s1. The largest absolute Gasteiger partial charge is 0.423 e. The number of carbonyl (C=O) groups is 2. The lowest BCUT2D eigenvalue weighted by atomic mass is 10.0. The summed E-state index contributed by atoms with van der Waals surface area (Å²) in [7, 11) is 0. The molecule has 0 bridgehead atoms. The van der Waals surface area contributed by atoms with Gasteiger partial charge in [0.2, 0.25) is 0 Å². The van der Waals surface area contributed by atoms with Gasteiger partial charge in [-0.1, -0.05) is 48.5 Å². The number of hydrogen-bond donors (Lipinski definition) is 1. The van der Waals surface area contributed by atoms with Gasteiger partial charge in [0.1, 0.15) is 5.75 Å². The fourth-order valence-electron chi connectivity index (χ4n) is 2.97. The van der Waals surface area contributed by atoms with Crippen LogP contribution in [0.1, 0.15) is 46.2 Å². The summed E-state index contributed by atoms with van der Waals surface area (Å²) in [5.41, 5.74) is 2.18. The highest BCUT2D eigenvalue weighted by Gasteiger charge is 2.18. The van der Waals surface area contributed by atoms with E-state index in [0.29, 0.717) is 16.9 Å². The van der Waals surface area contributed by atoms with Crippen LogP contribution in [0.3, 0.4) is 0 Å². The van der Waals surface area contributed by atoms with Crippen LogP contribution in [-0.4, -0.2) is 17.8 Å². The molecule has 0 saturated heterocycles. The Morgan fingerprint density at radius 1 is 0.759 bits per heavy atom. The second-order valence-corrected chi connectivity index (χ2v) is 6.66. The number of carbonyl (C=O) groups excluding carboxylic acids is 2. The maximum Gasteiger partial charge on any atom is 0.343 e. The van der Waals surface area contributed by atoms with Gasteiger partial charge in [0.05, 0.1) is 11.6 Å². The highest BCUT2D eigenvalue weighted by atomic mass is 35.5. The first-order chi connectivity index (χ1) is 13.5. The van der Waals surface area contributed by atoms with Gasteiger partial charge in [-0.15, -0.1) is 12.4 Å². The van der Waals surface area contributed by atoms with Gasteiger partial charge in [-0.25, -0.2) is 4.79 Å². The number of hydrogen-bond acceptors (Lipinski definition) is 4. The quantitative estimate of drug-likeness (QED) is 0.329. The summed E-state index contributed by atoms with van der Waals surface area (Å²) in [5.74, 6) is -0.0289. The van der Waals surface area contributed by atoms with Crippen LogP contribution < -0.4 is 10.1 Å². The van der Waals surface area contributed by atoms with Crippen LogP contribution in [-0.2, 0) is 0 Å². The van der Waals surface area contributed by atoms with E-state index in [9.17, 15) is 9.59 Å². The Morgan fingerprint density at radius 2 is 1.31 bits per heavy atom. The van der Waals surface area contributed by atoms with E-state index in [1.54, 1.807) is 48.5 Å². The molecule has 1 N–H and O–H groups in total. The van der Waals surface area contributed by atoms with Gasteiger partial charge in [0.25, 0.3) is 0 Å². The summed E-state index contributed by atoms with van der Waals surface area (Å²) >= 11 is 0. The minimum Gasteiger partial charge on any atom is -0.423 e. The van der Waals surface area contributed by atoms with E-state index < -0.39 is 5.97 Å². The van der Waals surface area contributed by atoms with Crippen molar-refractivity contribution in [3.8, 4) is 5.75 Å². The zero-order valence-electron chi connectivity index (χ0n) is 16.4. The molecule has 0 aliphatic rings. The topological polar surface area (TPSA) is 55.4 Å². The molecule has 29 heavy (non-hydrogen) atoms. The lowest BCUT2D eigenvalue weighted by Gasteiger charge is -2.19. The third-order valence-corrected chi connectivity index (χ3v) is 4.55. The van der Waals surface area contributed by atoms with Crippen LogP contribution in [0.15, 0.2) is 84.9 Å². The normalized spacial score (nSPS) is 12.3. The maximum atomic E-state index is 12.7. The highest BCUT2D eigenvalue weighted by Crippen LogP contribution is 2.17. The van der Waals surface area contributed by atoms with Gasteiger partial charge in [-0.2, -0.15) is 0 Å². The van der Waals surface area contributed by atoms with Crippen molar-refractivity contribution >= 4 is 24.2 Å². The van der Waals surface area contributed by atoms with E-state index in [-0.39, 0.29) is 30.3 Å². The molecule has 0 unspecified atom stereocenters. The van der Waals surface area contributed by atoms with E-state index in [4.69, 9.17) is 4.74 Å². The van der Waals surface area contributed by atoms with Gasteiger partial charge < -0.3 is 10.1 Å². The van der Waals surface area contributed by atoms with E-state index in [2.05, 4.69) is 5.32 Å². The molecule has 0 heterocycles. The molecule has 0 fully saturated rings. The van der Waals surface area contributed by atoms with Crippen molar-refractivity contribution in [1.29, 1.82) is 0 Å². The molecule has 0 spiro atoms. The number of ketones is 1. The van der Waals surface area contributed by atoms with Crippen molar-refractivity contribution in [2.75, 3.05) is 0 Å². The Kier molecular flexibility index (Phi) is 8.13. The van der Waals surface area contributed by atoms with Crippen LogP contribution in [0.2, 0.25) is 0 Å². The van der Waals surface area contributed by atoms with Gasteiger partial charge >= 0.3 is 5.97 Å². The molecule has 3 aromatic carbocycles. The van der Waals surface area contributed by atoms with Gasteiger partial charge in [-0.05, 0) is 55.8 Å². The number of nitrogens with one attached hydrogen (secondary N) is 1. The van der Waals surface area contributed by atoms with Crippen LogP contribution >= 0.6 is 12.4 Å². The molecule has 3 aromatic rings. The van der Waals surface area contributed by atoms with E-state index in [1.165, 1.54) is 0 Å². The predicted octanol–water partition coefficient (Wildman–Crippen LogP) is 5.25. The Morgan fingerprint density at radius 3 is 1.90 bits per heavy atom. The zero-order chi connectivity index (χ0) is 19.9. The lowest BCUT2D eigenvalue weighted by Crippen LogP contribution is -2.35. The lowest BCUT2D eigenvalue weighted by molar-refractivity contribution is 0.0734. The number of rotatable bonds is 7. The molecular weight excluding hydrogens is 386 g/mol. The molecular formula is C24H24ClNO3. The average Bonchev–Trinajstić information content (AvgIpc) is 2.75. The monoisotopic (exact) mass is 409 g/mol. The van der Waals surface area contributed by atoms with Crippen molar-refractivity contribution in [3.63, 3.8) is 0 Å². The molecule has 4 nitrogen and oxygen atoms in total. The van der Waals surface area contributed by atoms with Gasteiger partial charge in [0, 0.05) is 11.6 Å². The van der Waals surface area contributed by atoms with Crippen LogP contribution in [0.25, 0.3) is 0 Å². The van der Waals surface area contributed by atoms with Crippen LogP contribution in [0.5, 0.6) is 5.75 Å². The third-order valence-electron chi connectivity index (χ3n) is 4.55. The number of esters is 1. The minimum atomic E-state index is -0.425. The summed E-state index contributed by atoms with van der Waals surface area (Å²) in [4.78, 5) is 24.8. The summed E-state index contributed by atoms with van der Waals surface area (Å²) in [6.45, 7) is 3.89. The SMILES string of the molecule is C[C@@H](N[C@H](C)c1ccccc1)C(=O)c1ccc(OC(=O)c2ccccc2)cc1.Cl. The average molecular weight is 410 g/mol. The molecule has 2 atom stereocenters. The second-order valence-electron chi connectivity index (χ2n) is 6.66. The van der Waals surface area contributed by atoms with Crippen molar-refractivity contribution < 1.29 is 14.3 Å². The molecule has 0 saturated carbocycles. The fraction of sp³-hybridized carbons (Fsp3) is 0.167. The maximum absolute atomic E-state index is 12.7. The van der Waals surface area contributed by atoms with Crippen LogP contribution in [0.4, 0.5) is 0 Å². The summed E-state index contributed by atoms with van der Waals surface area (Å²) in [6.07, 6.45) is 0. The molecule has 5 heteroatoms. The first-order valence-corrected chi connectivity index (χ1v) is 9.27. The Hall–Kier alpha value is -2.95. The first kappa shape index (κ1) is 22.3. The molecule has 3 rings (SSSR count).